The summed E-state index contributed by atoms with van der Waals surface area (Å²) in [6, 6.07) is 13.4. The van der Waals surface area contributed by atoms with Gasteiger partial charge in [-0.2, -0.15) is 0 Å². The zero-order chi connectivity index (χ0) is 20.5. The van der Waals surface area contributed by atoms with Gasteiger partial charge in [0.25, 0.3) is 5.91 Å². The molecule has 148 valence electrons. The van der Waals surface area contributed by atoms with E-state index in [4.69, 9.17) is 9.72 Å². The van der Waals surface area contributed by atoms with Crippen molar-refractivity contribution in [2.45, 2.75) is 46.1 Å². The molecule has 1 aromatic heterocycles. The fourth-order valence-corrected chi connectivity index (χ4v) is 3.91. The van der Waals surface area contributed by atoms with Gasteiger partial charge in [-0.05, 0) is 63.3 Å². The molecule has 0 radical (unpaired) electrons. The highest BCUT2D eigenvalue weighted by Crippen LogP contribution is 2.30. The smallest absolute Gasteiger partial charge is 0.339 e. The summed E-state index contributed by atoms with van der Waals surface area (Å²) in [4.78, 5) is 30.4. The molecule has 5 heteroatoms. The molecular weight excluding hydrogens is 364 g/mol. The first-order chi connectivity index (χ1) is 13.9. The van der Waals surface area contributed by atoms with Crippen LogP contribution in [0, 0.1) is 13.8 Å². The molecule has 3 aromatic rings. The lowest BCUT2D eigenvalue weighted by Gasteiger charge is -2.17. The number of rotatable bonds is 4. The van der Waals surface area contributed by atoms with Gasteiger partial charge in [0.1, 0.15) is 0 Å². The van der Waals surface area contributed by atoms with E-state index in [1.54, 1.807) is 6.92 Å². The van der Waals surface area contributed by atoms with Crippen molar-refractivity contribution in [1.82, 2.24) is 4.98 Å². The SMILES string of the molecule is Cc1ccc(NC(=O)[C@@H](C)OC(=O)c2c3c(nc4ccccc24)CCC3)c(C)c1. The van der Waals surface area contributed by atoms with Crippen molar-refractivity contribution in [2.24, 2.45) is 0 Å². The number of hydrogen-bond donors (Lipinski definition) is 1. The van der Waals surface area contributed by atoms with Gasteiger partial charge in [-0.25, -0.2) is 4.79 Å². The third-order valence-electron chi connectivity index (χ3n) is 5.42. The summed E-state index contributed by atoms with van der Waals surface area (Å²) in [6.07, 6.45) is 1.73. The lowest BCUT2D eigenvalue weighted by Crippen LogP contribution is -2.30. The fraction of sp³-hybridized carbons (Fsp3) is 0.292. The van der Waals surface area contributed by atoms with Crippen LogP contribution in [0.1, 0.15) is 46.1 Å². The Hall–Kier alpha value is -3.21. The highest BCUT2D eigenvalue weighted by Gasteiger charge is 2.27. The number of ether oxygens (including phenoxy) is 1. The number of hydrogen-bond acceptors (Lipinski definition) is 4. The average molecular weight is 388 g/mol. The summed E-state index contributed by atoms with van der Waals surface area (Å²) in [6.45, 7) is 5.53. The molecule has 0 fully saturated rings. The Labute approximate surface area is 170 Å². The maximum Gasteiger partial charge on any atom is 0.339 e. The minimum atomic E-state index is -0.910. The van der Waals surface area contributed by atoms with Gasteiger partial charge in [0.05, 0.1) is 11.1 Å². The Morgan fingerprint density at radius 1 is 1.10 bits per heavy atom. The molecule has 4 rings (SSSR count). The number of nitrogens with zero attached hydrogens (tertiary/aromatic N) is 1. The minimum absolute atomic E-state index is 0.347. The van der Waals surface area contributed by atoms with Crippen LogP contribution in [-0.2, 0) is 22.4 Å². The van der Waals surface area contributed by atoms with Crippen molar-refractivity contribution in [3.05, 3.63) is 70.4 Å². The fourth-order valence-electron chi connectivity index (χ4n) is 3.91. The molecule has 0 aliphatic heterocycles. The van der Waals surface area contributed by atoms with E-state index in [9.17, 15) is 9.59 Å². The van der Waals surface area contributed by atoms with E-state index in [0.717, 1.165) is 58.2 Å². The number of aromatic nitrogens is 1. The maximum atomic E-state index is 13.1. The van der Waals surface area contributed by atoms with Crippen molar-refractivity contribution in [3.63, 3.8) is 0 Å². The molecule has 1 atom stereocenters. The second kappa shape index (κ2) is 7.66. The first-order valence-corrected chi connectivity index (χ1v) is 9.93. The Kier molecular flexibility index (Phi) is 5.05. The number of benzene rings is 2. The number of para-hydroxylation sites is 1. The topological polar surface area (TPSA) is 68.3 Å². The second-order valence-corrected chi connectivity index (χ2v) is 7.64. The molecule has 0 spiro atoms. The van der Waals surface area contributed by atoms with E-state index >= 15 is 0 Å². The van der Waals surface area contributed by atoms with Crippen LogP contribution in [-0.4, -0.2) is 23.0 Å². The van der Waals surface area contributed by atoms with Crippen LogP contribution >= 0.6 is 0 Å². The van der Waals surface area contributed by atoms with Crippen LogP contribution in [0.5, 0.6) is 0 Å². The summed E-state index contributed by atoms with van der Waals surface area (Å²) >= 11 is 0. The zero-order valence-corrected chi connectivity index (χ0v) is 16.9. The summed E-state index contributed by atoms with van der Waals surface area (Å²) in [5, 5.41) is 3.63. The van der Waals surface area contributed by atoms with E-state index in [2.05, 4.69) is 5.32 Å². The van der Waals surface area contributed by atoms with Gasteiger partial charge in [-0.1, -0.05) is 35.9 Å². The maximum absolute atomic E-state index is 13.1. The number of amides is 1. The van der Waals surface area contributed by atoms with Gasteiger partial charge in [-0.15, -0.1) is 0 Å². The van der Waals surface area contributed by atoms with Crippen molar-refractivity contribution in [3.8, 4) is 0 Å². The molecule has 1 amide bonds. The predicted octanol–water partition coefficient (Wildman–Crippen LogP) is 4.52. The lowest BCUT2D eigenvalue weighted by atomic mass is 10.0. The third-order valence-corrected chi connectivity index (χ3v) is 5.42. The standard InChI is InChI=1S/C24H24N2O3/c1-14-11-12-19(15(2)13-14)26-23(27)16(3)29-24(28)22-17-7-4-5-9-20(17)25-21-10-6-8-18(21)22/h4-5,7,9,11-13,16H,6,8,10H2,1-3H3,(H,26,27)/t16-/m1/s1. The van der Waals surface area contributed by atoms with Gasteiger partial charge in [0.2, 0.25) is 0 Å². The summed E-state index contributed by atoms with van der Waals surface area (Å²) in [5.74, 6) is -0.815. The monoisotopic (exact) mass is 388 g/mol. The Balaban J connectivity index is 1.57. The normalized spacial score (nSPS) is 13.8. The number of fused-ring (bicyclic) bond motifs is 2. The molecule has 1 aliphatic carbocycles. The molecular formula is C24H24N2O3. The number of aryl methyl sites for hydroxylation is 3. The van der Waals surface area contributed by atoms with Crippen molar-refractivity contribution in [1.29, 1.82) is 0 Å². The van der Waals surface area contributed by atoms with E-state index in [0.29, 0.717) is 5.56 Å². The van der Waals surface area contributed by atoms with Crippen LogP contribution in [0.4, 0.5) is 5.69 Å². The molecule has 5 nitrogen and oxygen atoms in total. The van der Waals surface area contributed by atoms with Crippen LogP contribution in [0.3, 0.4) is 0 Å². The second-order valence-electron chi connectivity index (χ2n) is 7.64. The number of pyridine rings is 1. The average Bonchev–Trinajstić information content (AvgIpc) is 3.15. The molecule has 2 aromatic carbocycles. The number of anilines is 1. The van der Waals surface area contributed by atoms with Gasteiger partial charge in [-0.3, -0.25) is 9.78 Å². The van der Waals surface area contributed by atoms with Crippen LogP contribution in [0.2, 0.25) is 0 Å². The highest BCUT2D eigenvalue weighted by atomic mass is 16.5. The third kappa shape index (κ3) is 3.73. The van der Waals surface area contributed by atoms with Gasteiger partial charge < -0.3 is 10.1 Å². The van der Waals surface area contributed by atoms with Crippen LogP contribution < -0.4 is 5.32 Å². The van der Waals surface area contributed by atoms with E-state index in [1.807, 2.05) is 56.3 Å². The molecule has 29 heavy (non-hydrogen) atoms. The van der Waals surface area contributed by atoms with E-state index < -0.39 is 12.1 Å². The van der Waals surface area contributed by atoms with Crippen molar-refractivity contribution >= 4 is 28.5 Å². The number of carbonyl (C=O) groups is 2. The number of carbonyl (C=O) groups excluding carboxylic acids is 2. The summed E-state index contributed by atoms with van der Waals surface area (Å²) < 4.78 is 5.59. The molecule has 1 N–H and O–H groups in total. The molecule has 0 unspecified atom stereocenters. The quantitative estimate of drug-likeness (QED) is 0.667. The first kappa shape index (κ1) is 19.1. The first-order valence-electron chi connectivity index (χ1n) is 9.93. The Bertz CT molecular complexity index is 1120. The van der Waals surface area contributed by atoms with Crippen molar-refractivity contribution < 1.29 is 14.3 Å². The highest BCUT2D eigenvalue weighted by molar-refractivity contribution is 6.06. The van der Waals surface area contributed by atoms with E-state index in [-0.39, 0.29) is 5.91 Å². The number of nitrogens with one attached hydrogen (secondary N) is 1. The van der Waals surface area contributed by atoms with Gasteiger partial charge in [0.15, 0.2) is 6.10 Å². The van der Waals surface area contributed by atoms with Crippen LogP contribution in [0.25, 0.3) is 10.9 Å². The Morgan fingerprint density at radius 2 is 1.90 bits per heavy atom. The van der Waals surface area contributed by atoms with Gasteiger partial charge >= 0.3 is 5.97 Å². The zero-order valence-electron chi connectivity index (χ0n) is 16.9. The molecule has 0 saturated heterocycles. The summed E-state index contributed by atoms with van der Waals surface area (Å²) in [7, 11) is 0. The van der Waals surface area contributed by atoms with Crippen molar-refractivity contribution in [2.75, 3.05) is 5.32 Å². The Morgan fingerprint density at radius 3 is 2.69 bits per heavy atom. The van der Waals surface area contributed by atoms with Crippen LogP contribution in [0.15, 0.2) is 42.5 Å². The van der Waals surface area contributed by atoms with Gasteiger partial charge in [0, 0.05) is 16.8 Å². The predicted molar refractivity (Wildman–Crippen MR) is 113 cm³/mol. The lowest BCUT2D eigenvalue weighted by molar-refractivity contribution is -0.123. The molecule has 0 bridgehead atoms. The number of esters is 1. The molecule has 0 saturated carbocycles. The minimum Gasteiger partial charge on any atom is -0.449 e. The molecule has 1 aliphatic rings. The summed E-state index contributed by atoms with van der Waals surface area (Å²) in [5.41, 5.74) is 6.06. The largest absolute Gasteiger partial charge is 0.449 e. The van der Waals surface area contributed by atoms with E-state index in [1.165, 1.54) is 0 Å². The molecule has 1 heterocycles.